The van der Waals surface area contributed by atoms with E-state index in [1.165, 1.54) is 12.1 Å². The van der Waals surface area contributed by atoms with Crippen LogP contribution in [0.4, 0.5) is 8.78 Å². The third-order valence-corrected chi connectivity index (χ3v) is 4.41. The van der Waals surface area contributed by atoms with Gasteiger partial charge in [0.1, 0.15) is 17.4 Å². The summed E-state index contributed by atoms with van der Waals surface area (Å²) in [6.07, 6.45) is 3.08. The van der Waals surface area contributed by atoms with Crippen LogP contribution in [0.1, 0.15) is 45.6 Å². The highest BCUT2D eigenvalue weighted by Gasteiger charge is 2.38. The fourth-order valence-corrected chi connectivity index (χ4v) is 3.39. The second-order valence-electron chi connectivity index (χ2n) is 6.85. The zero-order valence-corrected chi connectivity index (χ0v) is 12.4. The summed E-state index contributed by atoms with van der Waals surface area (Å²) in [5.41, 5.74) is 0.358. The summed E-state index contributed by atoms with van der Waals surface area (Å²) >= 11 is 0. The topological polar surface area (TPSA) is 17.1 Å². The molecule has 3 heteroatoms. The second-order valence-corrected chi connectivity index (χ2v) is 6.85. The van der Waals surface area contributed by atoms with Gasteiger partial charge in [-0.1, -0.05) is 20.8 Å². The lowest BCUT2D eigenvalue weighted by Gasteiger charge is -2.37. The van der Waals surface area contributed by atoms with Crippen LogP contribution in [0.5, 0.6) is 0 Å². The molecule has 1 aliphatic rings. The minimum absolute atomic E-state index is 0.00923. The molecule has 2 unspecified atom stereocenters. The van der Waals surface area contributed by atoms with Gasteiger partial charge in [-0.25, -0.2) is 8.78 Å². The summed E-state index contributed by atoms with van der Waals surface area (Å²) in [5.74, 6) is -0.365. The Bertz CT molecular complexity index is 487. The molecule has 1 fully saturated rings. The van der Waals surface area contributed by atoms with Crippen molar-refractivity contribution in [3.63, 3.8) is 0 Å². The molecule has 2 atom stereocenters. The predicted octanol–water partition coefficient (Wildman–Crippen LogP) is 4.54. The third-order valence-electron chi connectivity index (χ3n) is 4.41. The molecule has 1 aromatic carbocycles. The minimum atomic E-state index is -0.556. The molecule has 0 amide bonds. The van der Waals surface area contributed by atoms with Crippen LogP contribution in [0.3, 0.4) is 0 Å². The van der Waals surface area contributed by atoms with Gasteiger partial charge < -0.3 is 0 Å². The first-order chi connectivity index (χ1) is 9.28. The molecule has 0 heterocycles. The van der Waals surface area contributed by atoms with Crippen molar-refractivity contribution in [3.8, 4) is 0 Å². The van der Waals surface area contributed by atoms with Crippen molar-refractivity contribution in [3.05, 3.63) is 35.4 Å². The Morgan fingerprint density at radius 2 is 1.75 bits per heavy atom. The Morgan fingerprint density at radius 1 is 1.15 bits per heavy atom. The molecule has 0 spiro atoms. The molecule has 1 nitrogen and oxygen atoms in total. The first-order valence-corrected chi connectivity index (χ1v) is 7.25. The molecule has 1 aliphatic carbocycles. The molecule has 2 rings (SSSR count). The van der Waals surface area contributed by atoms with Crippen molar-refractivity contribution in [2.75, 3.05) is 0 Å². The molecule has 0 aromatic heterocycles. The molecule has 0 radical (unpaired) electrons. The standard InChI is InChI=1S/C17H22F2O/c1-11-4-5-15(16(20)6-11)17(2,3)10-12-7-13(18)9-14(19)8-12/h7-9,11,15H,4-6,10H2,1-3H3. The first-order valence-electron chi connectivity index (χ1n) is 7.25. The summed E-state index contributed by atoms with van der Waals surface area (Å²) in [6, 6.07) is 3.60. The number of carbonyl (C=O) groups is 1. The monoisotopic (exact) mass is 280 g/mol. The van der Waals surface area contributed by atoms with E-state index in [9.17, 15) is 13.6 Å². The number of rotatable bonds is 3. The maximum absolute atomic E-state index is 13.3. The molecule has 1 aromatic rings. The van der Waals surface area contributed by atoms with E-state index in [0.29, 0.717) is 30.1 Å². The summed E-state index contributed by atoms with van der Waals surface area (Å²) in [6.45, 7) is 6.14. The van der Waals surface area contributed by atoms with Crippen molar-refractivity contribution in [2.45, 2.75) is 46.5 Å². The van der Waals surface area contributed by atoms with Crippen LogP contribution >= 0.6 is 0 Å². The van der Waals surface area contributed by atoms with Crippen molar-refractivity contribution >= 4 is 5.78 Å². The van der Waals surface area contributed by atoms with Crippen LogP contribution in [0.25, 0.3) is 0 Å². The predicted molar refractivity (Wildman–Crippen MR) is 75.4 cm³/mol. The van der Waals surface area contributed by atoms with Crippen molar-refractivity contribution in [1.82, 2.24) is 0 Å². The van der Waals surface area contributed by atoms with Gasteiger partial charge in [0.15, 0.2) is 0 Å². The second kappa shape index (κ2) is 5.63. The van der Waals surface area contributed by atoms with Crippen LogP contribution < -0.4 is 0 Å². The van der Waals surface area contributed by atoms with Gasteiger partial charge >= 0.3 is 0 Å². The Balaban J connectivity index is 2.15. The summed E-state index contributed by atoms with van der Waals surface area (Å²) in [5, 5.41) is 0. The Kier molecular flexibility index (Phi) is 4.26. The normalized spacial score (nSPS) is 23.9. The van der Waals surface area contributed by atoms with Gasteiger partial charge in [-0.2, -0.15) is 0 Å². The zero-order valence-electron chi connectivity index (χ0n) is 12.4. The molecule has 1 saturated carbocycles. The van der Waals surface area contributed by atoms with E-state index >= 15 is 0 Å². The minimum Gasteiger partial charge on any atom is -0.299 e. The van der Waals surface area contributed by atoms with Gasteiger partial charge in [-0.15, -0.1) is 0 Å². The lowest BCUT2D eigenvalue weighted by molar-refractivity contribution is -0.129. The summed E-state index contributed by atoms with van der Waals surface area (Å²) in [4.78, 5) is 12.2. The van der Waals surface area contributed by atoms with Crippen LogP contribution in [0.2, 0.25) is 0 Å². The molecule has 20 heavy (non-hydrogen) atoms. The number of ketones is 1. The highest BCUT2D eigenvalue weighted by molar-refractivity contribution is 5.82. The summed E-state index contributed by atoms with van der Waals surface area (Å²) < 4.78 is 26.5. The average Bonchev–Trinajstić information content (AvgIpc) is 2.25. The van der Waals surface area contributed by atoms with E-state index in [1.54, 1.807) is 0 Å². The molecule has 0 aliphatic heterocycles. The van der Waals surface area contributed by atoms with Gasteiger partial charge in [0, 0.05) is 18.4 Å². The van der Waals surface area contributed by atoms with Crippen LogP contribution in [0.15, 0.2) is 18.2 Å². The maximum Gasteiger partial charge on any atom is 0.136 e. The highest BCUT2D eigenvalue weighted by atomic mass is 19.1. The molecular formula is C17H22F2O. The summed E-state index contributed by atoms with van der Waals surface area (Å²) in [7, 11) is 0. The van der Waals surface area contributed by atoms with Crippen molar-refractivity contribution in [2.24, 2.45) is 17.3 Å². The molecule has 0 saturated heterocycles. The Labute approximate surface area is 119 Å². The first kappa shape index (κ1) is 15.1. The van der Waals surface area contributed by atoms with Crippen LogP contribution in [-0.4, -0.2) is 5.78 Å². The Morgan fingerprint density at radius 3 is 2.30 bits per heavy atom. The number of halogens is 2. The number of hydrogen-bond acceptors (Lipinski definition) is 1. The highest BCUT2D eigenvalue weighted by Crippen LogP contribution is 2.40. The van der Waals surface area contributed by atoms with Crippen molar-refractivity contribution in [1.29, 1.82) is 0 Å². The quantitative estimate of drug-likeness (QED) is 0.794. The van der Waals surface area contributed by atoms with E-state index in [4.69, 9.17) is 0 Å². The number of Topliss-reactive ketones (excluding diaryl/α,β-unsaturated/α-hetero) is 1. The van der Waals surface area contributed by atoms with Gasteiger partial charge in [-0.3, -0.25) is 4.79 Å². The molecule has 0 N–H and O–H groups in total. The number of carbonyl (C=O) groups excluding carboxylic acids is 1. The Hall–Kier alpha value is -1.25. The van der Waals surface area contributed by atoms with Gasteiger partial charge in [0.2, 0.25) is 0 Å². The number of hydrogen-bond donors (Lipinski definition) is 0. The molecular weight excluding hydrogens is 258 g/mol. The fourth-order valence-electron chi connectivity index (χ4n) is 3.39. The average molecular weight is 280 g/mol. The van der Waals surface area contributed by atoms with E-state index < -0.39 is 11.6 Å². The van der Waals surface area contributed by atoms with E-state index in [2.05, 4.69) is 6.92 Å². The lowest BCUT2D eigenvalue weighted by atomic mass is 9.66. The van der Waals surface area contributed by atoms with Crippen LogP contribution in [-0.2, 0) is 11.2 Å². The zero-order chi connectivity index (χ0) is 14.9. The fraction of sp³-hybridized carbons (Fsp3) is 0.588. The third kappa shape index (κ3) is 3.44. The van der Waals surface area contributed by atoms with Crippen LogP contribution in [0, 0.1) is 28.9 Å². The van der Waals surface area contributed by atoms with Gasteiger partial charge in [0.25, 0.3) is 0 Å². The smallest absolute Gasteiger partial charge is 0.136 e. The van der Waals surface area contributed by atoms with Gasteiger partial charge in [-0.05, 0) is 48.3 Å². The van der Waals surface area contributed by atoms with Gasteiger partial charge in [0.05, 0.1) is 0 Å². The van der Waals surface area contributed by atoms with E-state index in [0.717, 1.165) is 18.9 Å². The number of benzene rings is 1. The SMILES string of the molecule is CC1CCC(C(C)(C)Cc2cc(F)cc(F)c2)C(=O)C1. The molecule has 110 valence electrons. The largest absolute Gasteiger partial charge is 0.299 e. The lowest BCUT2D eigenvalue weighted by Crippen LogP contribution is -2.36. The van der Waals surface area contributed by atoms with E-state index in [1.807, 2.05) is 13.8 Å². The maximum atomic E-state index is 13.3. The van der Waals surface area contributed by atoms with Crippen molar-refractivity contribution < 1.29 is 13.6 Å². The molecule has 0 bridgehead atoms. The van der Waals surface area contributed by atoms with E-state index in [-0.39, 0.29) is 11.3 Å².